The van der Waals surface area contributed by atoms with Crippen molar-refractivity contribution in [3.05, 3.63) is 85.2 Å². The molecule has 2 aliphatic heterocycles. The first-order chi connectivity index (χ1) is 31.4. The molecule has 2 aromatic carbocycles. The van der Waals surface area contributed by atoms with Gasteiger partial charge in [0.05, 0.1) is 59.5 Å². The number of ketones is 1. The molecule has 0 amide bonds. The number of aromatic nitrogens is 14. The van der Waals surface area contributed by atoms with Gasteiger partial charge in [0, 0.05) is 50.3 Å². The molecule has 336 valence electrons. The maximum absolute atomic E-state index is 13.1. The molecule has 7 N–H and O–H groups in total. The smallest absolute Gasteiger partial charge is 0.358 e. The monoisotopic (exact) mass is 881 g/mol. The fraction of sp³-hybridized carbons (Fsp3) is 0.349. The summed E-state index contributed by atoms with van der Waals surface area (Å²) in [6, 6.07) is 12.4. The van der Waals surface area contributed by atoms with Crippen molar-refractivity contribution in [3.8, 4) is 34.2 Å². The van der Waals surface area contributed by atoms with E-state index in [1.165, 1.54) is 47.8 Å². The summed E-state index contributed by atoms with van der Waals surface area (Å²) in [5.41, 5.74) is 23.0. The highest BCUT2D eigenvalue weighted by molar-refractivity contribution is 5.99. The first-order valence-electron chi connectivity index (χ1n) is 21.2. The topological polar surface area (TPSA) is 288 Å². The number of aromatic carboxylic acids is 1. The zero-order valence-corrected chi connectivity index (χ0v) is 36.6. The van der Waals surface area contributed by atoms with Gasteiger partial charge in [-0.15, -0.1) is 9.59 Å². The first kappa shape index (κ1) is 44.1. The molecule has 0 bridgehead atoms. The molecule has 8 aromatic rings. The van der Waals surface area contributed by atoms with E-state index in [4.69, 9.17) is 22.2 Å². The molecule has 8 heterocycles. The number of hydrogen-bond donors (Lipinski definition) is 4. The Balaban J connectivity index is 0.000000155. The number of carbonyl (C=O) groups excluding carboxylic acids is 1. The predicted octanol–water partition coefficient (Wildman–Crippen LogP) is 3.18. The Labute approximate surface area is 373 Å². The number of carbonyl (C=O) groups is 2. The molecule has 0 aliphatic carbocycles. The number of fused-ring (bicyclic) bond motifs is 2. The second-order valence-corrected chi connectivity index (χ2v) is 16.1. The van der Waals surface area contributed by atoms with Crippen LogP contribution >= 0.6 is 0 Å². The Hall–Kier alpha value is -7.56. The van der Waals surface area contributed by atoms with Crippen LogP contribution in [0.4, 0.5) is 11.6 Å². The van der Waals surface area contributed by atoms with Crippen molar-refractivity contribution in [2.75, 3.05) is 45.2 Å². The number of anilines is 2. The molecule has 10 rings (SSSR count). The lowest BCUT2D eigenvalue weighted by molar-refractivity contribution is 0.0691. The van der Waals surface area contributed by atoms with Gasteiger partial charge in [-0.25, -0.2) is 34.7 Å². The number of carboxylic acid groups (broad SMARTS) is 1. The lowest BCUT2D eigenvalue weighted by Gasteiger charge is -2.18. The van der Waals surface area contributed by atoms with Gasteiger partial charge in [-0.1, -0.05) is 12.1 Å². The van der Waals surface area contributed by atoms with Crippen LogP contribution in [0.3, 0.4) is 0 Å². The summed E-state index contributed by atoms with van der Waals surface area (Å²) < 4.78 is 3.78. The Morgan fingerprint density at radius 1 is 0.662 bits per heavy atom. The number of imidazole rings is 2. The van der Waals surface area contributed by atoms with Crippen molar-refractivity contribution in [1.82, 2.24) is 78.8 Å². The molecule has 0 saturated carbocycles. The molecular weight excluding hydrogens is 831 g/mol. The van der Waals surface area contributed by atoms with Crippen molar-refractivity contribution in [2.45, 2.75) is 50.6 Å². The zero-order chi connectivity index (χ0) is 45.8. The summed E-state index contributed by atoms with van der Waals surface area (Å²) in [5, 5.41) is 25.8. The average molecular weight is 882 g/mol. The van der Waals surface area contributed by atoms with Gasteiger partial charge < -0.3 is 41.2 Å². The lowest BCUT2D eigenvalue weighted by Crippen LogP contribution is -2.31. The summed E-state index contributed by atoms with van der Waals surface area (Å²) >= 11 is 0. The van der Waals surface area contributed by atoms with Gasteiger partial charge in [-0.2, -0.15) is 20.4 Å². The Morgan fingerprint density at radius 2 is 1.12 bits per heavy atom. The molecule has 0 radical (unpaired) electrons. The van der Waals surface area contributed by atoms with E-state index in [0.717, 1.165) is 53.6 Å². The van der Waals surface area contributed by atoms with Gasteiger partial charge in [0.2, 0.25) is 11.6 Å². The van der Waals surface area contributed by atoms with Gasteiger partial charge >= 0.3 is 5.97 Å². The lowest BCUT2D eigenvalue weighted by atomic mass is 10.0. The van der Waals surface area contributed by atoms with Gasteiger partial charge in [0.25, 0.3) is 0 Å². The Bertz CT molecular complexity index is 2940. The number of benzene rings is 2. The van der Waals surface area contributed by atoms with Crippen LogP contribution in [0.1, 0.15) is 59.5 Å². The third-order valence-corrected chi connectivity index (χ3v) is 11.8. The van der Waals surface area contributed by atoms with Crippen LogP contribution in [0.2, 0.25) is 0 Å². The molecule has 0 spiro atoms. The summed E-state index contributed by atoms with van der Waals surface area (Å²) in [4.78, 5) is 57.9. The fourth-order valence-corrected chi connectivity index (χ4v) is 8.14. The average Bonchev–Trinajstić information content (AvgIpc) is 4.18. The number of Topliss-reactive ketones (excluding diaryl/α,β-unsaturated/α-hetero) is 1. The first-order valence-corrected chi connectivity index (χ1v) is 21.2. The highest BCUT2D eigenvalue weighted by Gasteiger charge is 2.26. The minimum absolute atomic E-state index is 0.0902. The molecule has 2 aliphatic rings. The van der Waals surface area contributed by atoms with E-state index in [1.807, 2.05) is 53.6 Å². The van der Waals surface area contributed by atoms with E-state index in [2.05, 4.69) is 69.2 Å². The Morgan fingerprint density at radius 3 is 1.55 bits per heavy atom. The molecule has 22 heteroatoms. The third kappa shape index (κ3) is 9.39. The van der Waals surface area contributed by atoms with E-state index in [0.29, 0.717) is 41.3 Å². The van der Waals surface area contributed by atoms with Crippen molar-refractivity contribution < 1.29 is 14.7 Å². The molecule has 0 unspecified atom stereocenters. The largest absolute Gasteiger partial charge is 0.476 e. The maximum atomic E-state index is 13.1. The Kier molecular flexibility index (Phi) is 12.9. The van der Waals surface area contributed by atoms with Crippen LogP contribution in [0.15, 0.2) is 73.8 Å². The van der Waals surface area contributed by atoms with Crippen molar-refractivity contribution in [1.29, 1.82) is 0 Å². The van der Waals surface area contributed by atoms with Crippen LogP contribution in [-0.2, 0) is 14.1 Å². The van der Waals surface area contributed by atoms with Crippen molar-refractivity contribution >= 4 is 45.5 Å². The van der Waals surface area contributed by atoms with Crippen molar-refractivity contribution in [2.24, 2.45) is 19.8 Å². The number of nitrogens with zero attached hydrogens (tertiary/aromatic N) is 16. The molecule has 2 atom stereocenters. The molecule has 2 saturated heterocycles. The summed E-state index contributed by atoms with van der Waals surface area (Å²) in [6.07, 6.45) is 15.6. The summed E-state index contributed by atoms with van der Waals surface area (Å²) in [7, 11) is 8.05. The second kappa shape index (κ2) is 19.0. The number of nitrogens with two attached hydrogens (primary N) is 3. The number of carboxylic acids is 1. The minimum Gasteiger partial charge on any atom is -0.476 e. The summed E-state index contributed by atoms with van der Waals surface area (Å²) in [5.74, 6) is -0.848. The van der Waals surface area contributed by atoms with Crippen LogP contribution in [0.25, 0.3) is 56.2 Å². The summed E-state index contributed by atoms with van der Waals surface area (Å²) in [6.45, 7) is 3.14. The van der Waals surface area contributed by atoms with E-state index < -0.39 is 5.97 Å². The zero-order valence-electron chi connectivity index (χ0n) is 36.6. The van der Waals surface area contributed by atoms with E-state index in [-0.39, 0.29) is 34.6 Å². The quantitative estimate of drug-likeness (QED) is 0.143. The normalized spacial score (nSPS) is 16.4. The predicted molar refractivity (Wildman–Crippen MR) is 243 cm³/mol. The number of hydrogen-bond acceptors (Lipinski definition) is 17. The molecule has 22 nitrogen and oxygen atoms in total. The highest BCUT2D eigenvalue weighted by Crippen LogP contribution is 2.30. The number of aryl methyl sites for hydroxylation is 2. The van der Waals surface area contributed by atoms with Gasteiger partial charge in [0.15, 0.2) is 23.1 Å². The van der Waals surface area contributed by atoms with E-state index in [9.17, 15) is 14.7 Å². The minimum atomic E-state index is -1.26. The number of likely N-dealkylation sites (tertiary alicyclic amines) is 2. The van der Waals surface area contributed by atoms with Gasteiger partial charge in [-0.05, 0) is 83.6 Å². The number of rotatable bonds is 10. The van der Waals surface area contributed by atoms with Gasteiger partial charge in [-0.3, -0.25) is 4.79 Å². The van der Waals surface area contributed by atoms with Crippen LogP contribution < -0.4 is 17.2 Å². The maximum Gasteiger partial charge on any atom is 0.358 e. The van der Waals surface area contributed by atoms with E-state index >= 15 is 0 Å². The number of likely N-dealkylation sites (N-methyl/N-ethyl adjacent to an activating group) is 1. The standard InChI is InChI=1S/C22H25N9O.C15H12N8O2.C6H14N2/c1-29-11-3-4-15(29)6-8-18(32)20-21(23)28-22(31-25-9-10-26-31)19(27-20)14-5-7-16-17(12-14)30(2)13-24-16;1-22-7-17-9-3-2-8(6-10(9)22)11-14(23-18-4-5-19-23)21-13(16)12(20-11)15(24)25;1-8-4-2-3-6(8)5-7/h5,7,9-10,12-13,15H,3-4,6,8,11H2,1-2H3,(H2,23,28);2-7H,1H3,(H2,16,21)(H,24,25);6H,2-5,7H2,1H3/t15-;;6-/m0.0/s1. The van der Waals surface area contributed by atoms with Crippen LogP contribution in [0.5, 0.6) is 0 Å². The highest BCUT2D eigenvalue weighted by atomic mass is 16.4. The van der Waals surface area contributed by atoms with Gasteiger partial charge in [0.1, 0.15) is 17.1 Å². The molecule has 65 heavy (non-hydrogen) atoms. The molecule has 6 aromatic heterocycles. The second-order valence-electron chi connectivity index (χ2n) is 16.1. The van der Waals surface area contributed by atoms with Crippen molar-refractivity contribution in [3.63, 3.8) is 0 Å². The molecular formula is C43H51N19O3. The van der Waals surface area contributed by atoms with E-state index in [1.54, 1.807) is 31.1 Å². The fourth-order valence-electron chi connectivity index (χ4n) is 8.14. The third-order valence-electron chi connectivity index (χ3n) is 11.8. The molecule has 2 fully saturated rings. The SMILES string of the molecule is CN1CCC[C@H]1CCC(=O)c1nc(-c2ccc3ncn(C)c3c2)c(-n2nccn2)nc1N.CN1CCC[C@H]1CN.Cn1cnc2ccc(-c3nc(C(=O)O)c(N)nc3-n3nccn3)cc21. The van der Waals surface area contributed by atoms with Crippen LogP contribution in [-0.4, -0.2) is 141 Å². The van der Waals surface area contributed by atoms with Crippen LogP contribution in [0, 0.1) is 0 Å². The number of nitrogen functional groups attached to an aromatic ring is 2.